The zero-order chi connectivity index (χ0) is 15.2. The zero-order valence-electron chi connectivity index (χ0n) is 11.9. The third-order valence-corrected chi connectivity index (χ3v) is 3.67. The van der Waals surface area contributed by atoms with Crippen LogP contribution in [0.1, 0.15) is 37.5 Å². The van der Waals surface area contributed by atoms with Crippen LogP contribution in [0, 0.1) is 12.7 Å². The number of aryl methyl sites for hydroxylation is 1. The van der Waals surface area contributed by atoms with Crippen molar-refractivity contribution in [3.05, 3.63) is 29.3 Å². The van der Waals surface area contributed by atoms with E-state index in [0.717, 1.165) is 0 Å². The summed E-state index contributed by atoms with van der Waals surface area (Å²) in [5.41, 5.74) is 6.07. The number of aromatic nitrogens is 2. The highest BCUT2D eigenvalue weighted by atomic mass is 35.5. The number of carbonyl (C=O) groups is 1. The van der Waals surface area contributed by atoms with Crippen LogP contribution in [0.4, 0.5) is 4.39 Å². The molecule has 1 heterocycles. The molecule has 1 amide bonds. The second-order valence-electron chi connectivity index (χ2n) is 5.43. The molecule has 0 saturated carbocycles. The molecule has 1 aromatic carbocycles. The van der Waals surface area contributed by atoms with Crippen molar-refractivity contribution in [3.63, 3.8) is 0 Å². The van der Waals surface area contributed by atoms with Gasteiger partial charge in [0, 0.05) is 6.07 Å². The fourth-order valence-electron chi connectivity index (χ4n) is 2.19. The van der Waals surface area contributed by atoms with Crippen molar-refractivity contribution in [1.29, 1.82) is 0 Å². The number of nitrogens with two attached hydrogens (primary N) is 1. The van der Waals surface area contributed by atoms with Gasteiger partial charge in [-0.2, -0.15) is 0 Å². The number of hydrogen-bond acceptors (Lipinski definition) is 2. The molecule has 2 aromatic rings. The molecule has 1 aromatic heterocycles. The number of carbonyl (C=O) groups excluding carboxylic acids is 1. The topological polar surface area (TPSA) is 60.9 Å². The van der Waals surface area contributed by atoms with Gasteiger partial charge < -0.3 is 10.3 Å². The minimum Gasteiger partial charge on any atom is -0.368 e. The SMILES string of the molecule is Cc1cc2c(cc1F)nc(C(C)Cl)n2C(C)(C)C(N)=O. The molecule has 0 saturated heterocycles. The summed E-state index contributed by atoms with van der Waals surface area (Å²) in [5.74, 6) is -0.347. The van der Waals surface area contributed by atoms with Crippen LogP contribution in [0.25, 0.3) is 11.0 Å². The van der Waals surface area contributed by atoms with Gasteiger partial charge in [-0.15, -0.1) is 11.6 Å². The molecule has 0 aliphatic carbocycles. The van der Waals surface area contributed by atoms with Crippen LogP contribution in [0.5, 0.6) is 0 Å². The van der Waals surface area contributed by atoms with Gasteiger partial charge in [0.05, 0.1) is 16.4 Å². The van der Waals surface area contributed by atoms with E-state index in [0.29, 0.717) is 22.4 Å². The van der Waals surface area contributed by atoms with Crippen molar-refractivity contribution in [1.82, 2.24) is 9.55 Å². The Labute approximate surface area is 121 Å². The molecule has 0 spiro atoms. The van der Waals surface area contributed by atoms with Crippen molar-refractivity contribution in [3.8, 4) is 0 Å². The average molecular weight is 298 g/mol. The van der Waals surface area contributed by atoms with Gasteiger partial charge in [-0.1, -0.05) is 0 Å². The number of halogens is 2. The molecule has 1 unspecified atom stereocenters. The zero-order valence-corrected chi connectivity index (χ0v) is 12.6. The van der Waals surface area contributed by atoms with E-state index in [4.69, 9.17) is 17.3 Å². The van der Waals surface area contributed by atoms with Crippen LogP contribution in [-0.2, 0) is 10.3 Å². The molecule has 20 heavy (non-hydrogen) atoms. The standard InChI is InChI=1S/C14H17ClFN3O/c1-7-5-11-10(6-9(7)16)18-12(8(2)15)19(11)14(3,4)13(17)20/h5-6,8H,1-4H3,(H2,17,20). The van der Waals surface area contributed by atoms with Crippen molar-refractivity contribution < 1.29 is 9.18 Å². The summed E-state index contributed by atoms with van der Waals surface area (Å²) in [6, 6.07) is 3.01. The lowest BCUT2D eigenvalue weighted by molar-refractivity contribution is -0.125. The fraction of sp³-hybridized carbons (Fsp3) is 0.429. The highest BCUT2D eigenvalue weighted by Gasteiger charge is 2.33. The average Bonchev–Trinajstić information content (AvgIpc) is 2.68. The molecule has 0 aliphatic heterocycles. The Hall–Kier alpha value is -1.62. The number of rotatable bonds is 3. The first-order chi connectivity index (χ1) is 9.16. The second kappa shape index (κ2) is 4.74. The summed E-state index contributed by atoms with van der Waals surface area (Å²) in [7, 11) is 0. The maximum atomic E-state index is 13.7. The van der Waals surface area contributed by atoms with Gasteiger partial charge in [-0.25, -0.2) is 9.37 Å². The predicted molar refractivity (Wildman–Crippen MR) is 77.2 cm³/mol. The molecule has 0 aliphatic rings. The summed E-state index contributed by atoms with van der Waals surface area (Å²) in [6.07, 6.45) is 0. The Morgan fingerprint density at radius 3 is 2.60 bits per heavy atom. The first-order valence-electron chi connectivity index (χ1n) is 6.29. The van der Waals surface area contributed by atoms with E-state index < -0.39 is 16.8 Å². The van der Waals surface area contributed by atoms with E-state index in [2.05, 4.69) is 4.98 Å². The smallest absolute Gasteiger partial charge is 0.243 e. The Bertz CT molecular complexity index is 691. The van der Waals surface area contributed by atoms with Crippen molar-refractivity contribution in [2.24, 2.45) is 5.73 Å². The molecular formula is C14H17ClFN3O. The molecular weight excluding hydrogens is 281 g/mol. The Balaban J connectivity index is 2.89. The van der Waals surface area contributed by atoms with Crippen LogP contribution in [0.15, 0.2) is 12.1 Å². The predicted octanol–water partition coefficient (Wildman–Crippen LogP) is 3.00. The number of primary amides is 1. The lowest BCUT2D eigenvalue weighted by Crippen LogP contribution is -2.42. The largest absolute Gasteiger partial charge is 0.368 e. The van der Waals surface area contributed by atoms with E-state index >= 15 is 0 Å². The number of benzene rings is 1. The fourth-order valence-corrected chi connectivity index (χ4v) is 2.33. The monoisotopic (exact) mass is 297 g/mol. The quantitative estimate of drug-likeness (QED) is 0.885. The number of amides is 1. The van der Waals surface area contributed by atoms with Crippen LogP contribution in [-0.4, -0.2) is 15.5 Å². The number of imidazole rings is 1. The van der Waals surface area contributed by atoms with Crippen LogP contribution >= 0.6 is 11.6 Å². The normalized spacial score (nSPS) is 13.7. The highest BCUT2D eigenvalue weighted by Crippen LogP contribution is 2.31. The number of hydrogen-bond donors (Lipinski definition) is 1. The van der Waals surface area contributed by atoms with Crippen molar-refractivity contribution >= 4 is 28.5 Å². The first-order valence-corrected chi connectivity index (χ1v) is 6.73. The molecule has 0 bridgehead atoms. The lowest BCUT2D eigenvalue weighted by Gasteiger charge is -2.26. The molecule has 0 fully saturated rings. The van der Waals surface area contributed by atoms with Gasteiger partial charge in [0.1, 0.15) is 17.2 Å². The van der Waals surface area contributed by atoms with Gasteiger partial charge in [0.25, 0.3) is 0 Å². The summed E-state index contributed by atoms with van der Waals surface area (Å²) in [5, 5.41) is -0.426. The minimum atomic E-state index is -1.00. The minimum absolute atomic E-state index is 0.340. The van der Waals surface area contributed by atoms with E-state index in [1.165, 1.54) is 6.07 Å². The molecule has 4 nitrogen and oxygen atoms in total. The van der Waals surface area contributed by atoms with E-state index in [1.807, 2.05) is 0 Å². The van der Waals surface area contributed by atoms with Gasteiger partial charge in [-0.05, 0) is 39.3 Å². The second-order valence-corrected chi connectivity index (χ2v) is 6.09. The molecule has 108 valence electrons. The number of fused-ring (bicyclic) bond motifs is 1. The molecule has 2 rings (SSSR count). The maximum Gasteiger partial charge on any atom is 0.243 e. The van der Waals surface area contributed by atoms with E-state index in [9.17, 15) is 9.18 Å². The molecule has 1 atom stereocenters. The van der Waals surface area contributed by atoms with E-state index in [1.54, 1.807) is 38.3 Å². The van der Waals surface area contributed by atoms with Crippen LogP contribution in [0.3, 0.4) is 0 Å². The third kappa shape index (κ3) is 2.16. The summed E-state index contributed by atoms with van der Waals surface area (Å²) in [4.78, 5) is 16.1. The van der Waals surface area contributed by atoms with Crippen LogP contribution < -0.4 is 5.73 Å². The Morgan fingerprint density at radius 1 is 1.50 bits per heavy atom. The molecule has 6 heteroatoms. The third-order valence-electron chi connectivity index (χ3n) is 3.48. The molecule has 0 radical (unpaired) electrons. The number of nitrogens with zero attached hydrogens (tertiary/aromatic N) is 2. The highest BCUT2D eigenvalue weighted by molar-refractivity contribution is 6.20. The van der Waals surface area contributed by atoms with Gasteiger partial charge in [-0.3, -0.25) is 4.79 Å². The Morgan fingerprint density at radius 2 is 2.10 bits per heavy atom. The Kier molecular flexibility index (Phi) is 3.50. The van der Waals surface area contributed by atoms with Gasteiger partial charge in [0.2, 0.25) is 5.91 Å². The molecule has 2 N–H and O–H groups in total. The maximum absolute atomic E-state index is 13.7. The van der Waals surface area contributed by atoms with Crippen molar-refractivity contribution in [2.75, 3.05) is 0 Å². The number of alkyl halides is 1. The van der Waals surface area contributed by atoms with Gasteiger partial charge in [0.15, 0.2) is 0 Å². The van der Waals surface area contributed by atoms with Crippen LogP contribution in [0.2, 0.25) is 0 Å². The van der Waals surface area contributed by atoms with Gasteiger partial charge >= 0.3 is 0 Å². The first kappa shape index (κ1) is 14.8. The summed E-state index contributed by atoms with van der Waals surface area (Å²) < 4.78 is 15.4. The lowest BCUT2D eigenvalue weighted by atomic mass is 10.0. The summed E-state index contributed by atoms with van der Waals surface area (Å²) >= 11 is 6.14. The van der Waals surface area contributed by atoms with E-state index in [-0.39, 0.29) is 5.82 Å². The van der Waals surface area contributed by atoms with Crippen molar-refractivity contribution in [2.45, 2.75) is 38.6 Å². The summed E-state index contributed by atoms with van der Waals surface area (Å²) in [6.45, 7) is 6.79.